The van der Waals surface area contributed by atoms with Crippen LogP contribution >= 0.6 is 11.6 Å². The fraction of sp³-hybridized carbons (Fsp3) is 0.250. The summed E-state index contributed by atoms with van der Waals surface area (Å²) in [4.78, 5) is 16.2. The summed E-state index contributed by atoms with van der Waals surface area (Å²) in [5, 5.41) is 11.9. The molecule has 0 saturated carbocycles. The van der Waals surface area contributed by atoms with Crippen LogP contribution in [0, 0.1) is 0 Å². The Morgan fingerprint density at radius 1 is 1.36 bits per heavy atom. The van der Waals surface area contributed by atoms with E-state index in [-0.39, 0.29) is 12.5 Å². The van der Waals surface area contributed by atoms with Crippen molar-refractivity contribution in [3.63, 3.8) is 0 Å². The van der Waals surface area contributed by atoms with Gasteiger partial charge in [0.1, 0.15) is 5.02 Å². The number of halogens is 1. The molecule has 2 N–H and O–H groups in total. The van der Waals surface area contributed by atoms with E-state index >= 15 is 0 Å². The first-order valence-corrected chi connectivity index (χ1v) is 7.31. The average molecular weight is 321 g/mol. The van der Waals surface area contributed by atoms with E-state index in [4.69, 9.17) is 21.4 Å². The number of aromatic nitrogens is 1. The van der Waals surface area contributed by atoms with Crippen LogP contribution < -0.4 is 10.1 Å². The van der Waals surface area contributed by atoms with E-state index in [1.807, 2.05) is 19.1 Å². The normalized spacial score (nSPS) is 10.3. The highest BCUT2D eigenvalue weighted by molar-refractivity contribution is 6.32. The number of benzene rings is 1. The van der Waals surface area contributed by atoms with Gasteiger partial charge in [-0.1, -0.05) is 23.7 Å². The quantitative estimate of drug-likeness (QED) is 0.858. The maximum absolute atomic E-state index is 12.2. The van der Waals surface area contributed by atoms with Crippen LogP contribution in [0.1, 0.15) is 22.8 Å². The van der Waals surface area contributed by atoms with E-state index in [0.29, 0.717) is 35.2 Å². The summed E-state index contributed by atoms with van der Waals surface area (Å²) in [6, 6.07) is 8.80. The molecule has 1 aromatic heterocycles. The van der Waals surface area contributed by atoms with Gasteiger partial charge in [0.15, 0.2) is 0 Å². The molecule has 0 fully saturated rings. The number of aliphatic hydroxyl groups excluding tert-OH is 1. The zero-order chi connectivity index (χ0) is 15.9. The molecular formula is C16H17ClN2O3. The fourth-order valence-electron chi connectivity index (χ4n) is 1.88. The Morgan fingerprint density at radius 3 is 2.68 bits per heavy atom. The molecule has 0 aliphatic rings. The third-order valence-corrected chi connectivity index (χ3v) is 3.23. The number of rotatable bonds is 6. The van der Waals surface area contributed by atoms with E-state index in [1.165, 1.54) is 12.3 Å². The first-order chi connectivity index (χ1) is 10.6. The molecule has 2 aromatic rings. The lowest BCUT2D eigenvalue weighted by Gasteiger charge is -2.08. The van der Waals surface area contributed by atoms with Gasteiger partial charge >= 0.3 is 0 Å². The molecule has 0 spiro atoms. The average Bonchev–Trinajstić information content (AvgIpc) is 2.51. The van der Waals surface area contributed by atoms with Gasteiger partial charge in [0, 0.05) is 18.5 Å². The number of hydrogen-bond acceptors (Lipinski definition) is 4. The Morgan fingerprint density at radius 2 is 2.09 bits per heavy atom. The molecule has 0 radical (unpaired) electrons. The molecule has 1 amide bonds. The van der Waals surface area contributed by atoms with Gasteiger partial charge in [0.25, 0.3) is 5.91 Å². The second-order valence-electron chi connectivity index (χ2n) is 4.57. The van der Waals surface area contributed by atoms with E-state index < -0.39 is 0 Å². The number of aliphatic hydroxyl groups is 1. The first kappa shape index (κ1) is 16.3. The number of hydrogen-bond donors (Lipinski definition) is 2. The van der Waals surface area contributed by atoms with Gasteiger partial charge in [-0.15, -0.1) is 0 Å². The van der Waals surface area contributed by atoms with Crippen LogP contribution in [0.15, 0.2) is 36.5 Å². The lowest BCUT2D eigenvalue weighted by Crippen LogP contribution is -2.12. The molecular weight excluding hydrogens is 304 g/mol. The summed E-state index contributed by atoms with van der Waals surface area (Å²) in [5.74, 6) is 0.0152. The predicted molar refractivity (Wildman–Crippen MR) is 85.6 cm³/mol. The molecule has 0 unspecified atom stereocenters. The van der Waals surface area contributed by atoms with Gasteiger partial charge in [0.2, 0.25) is 5.88 Å². The summed E-state index contributed by atoms with van der Waals surface area (Å²) >= 11 is 6.02. The number of ether oxygens (including phenoxy) is 1. The van der Waals surface area contributed by atoms with Crippen molar-refractivity contribution < 1.29 is 14.6 Å². The molecule has 2 rings (SSSR count). The minimum atomic E-state index is -0.299. The molecule has 0 bridgehead atoms. The van der Waals surface area contributed by atoms with Crippen molar-refractivity contribution in [3.8, 4) is 5.88 Å². The maximum atomic E-state index is 12.2. The second kappa shape index (κ2) is 7.77. The van der Waals surface area contributed by atoms with Crippen LogP contribution in [0.2, 0.25) is 5.02 Å². The van der Waals surface area contributed by atoms with Gasteiger partial charge in [-0.05, 0) is 37.1 Å². The van der Waals surface area contributed by atoms with Crippen molar-refractivity contribution in [2.24, 2.45) is 0 Å². The van der Waals surface area contributed by atoms with E-state index in [2.05, 4.69) is 10.3 Å². The van der Waals surface area contributed by atoms with Crippen molar-refractivity contribution >= 4 is 23.2 Å². The minimum Gasteiger partial charge on any atom is -0.477 e. The lowest BCUT2D eigenvalue weighted by molar-refractivity contribution is 0.102. The molecule has 0 saturated heterocycles. The van der Waals surface area contributed by atoms with Crippen molar-refractivity contribution in [3.05, 3.63) is 52.7 Å². The summed E-state index contributed by atoms with van der Waals surface area (Å²) in [7, 11) is 0. The van der Waals surface area contributed by atoms with E-state index in [1.54, 1.807) is 12.1 Å². The molecule has 22 heavy (non-hydrogen) atoms. The molecule has 116 valence electrons. The van der Waals surface area contributed by atoms with Gasteiger partial charge in [0.05, 0.1) is 12.2 Å². The number of carbonyl (C=O) groups excluding carboxylic acids is 1. The Hall–Kier alpha value is -2.11. The summed E-state index contributed by atoms with van der Waals surface area (Å²) in [5.41, 5.74) is 2.02. The van der Waals surface area contributed by atoms with Gasteiger partial charge < -0.3 is 15.2 Å². The Kier molecular flexibility index (Phi) is 5.75. The monoisotopic (exact) mass is 320 g/mol. The topological polar surface area (TPSA) is 71.5 Å². The fourth-order valence-corrected chi connectivity index (χ4v) is 2.10. The SMILES string of the molecule is CCOc1ncc(C(=O)Nc2ccc(CCO)cc2)cc1Cl. The van der Waals surface area contributed by atoms with Crippen LogP contribution in [0.5, 0.6) is 5.88 Å². The van der Waals surface area contributed by atoms with Crippen LogP contribution in [0.25, 0.3) is 0 Å². The number of anilines is 1. The zero-order valence-electron chi connectivity index (χ0n) is 12.2. The number of carbonyl (C=O) groups is 1. The van der Waals surface area contributed by atoms with Crippen LogP contribution in [-0.4, -0.2) is 29.2 Å². The van der Waals surface area contributed by atoms with Gasteiger partial charge in [-0.2, -0.15) is 0 Å². The summed E-state index contributed by atoms with van der Waals surface area (Å²) in [6.07, 6.45) is 2.01. The molecule has 0 aliphatic heterocycles. The highest BCUT2D eigenvalue weighted by atomic mass is 35.5. The first-order valence-electron chi connectivity index (χ1n) is 6.93. The van der Waals surface area contributed by atoms with Gasteiger partial charge in [-0.3, -0.25) is 4.79 Å². The van der Waals surface area contributed by atoms with Crippen LogP contribution in [-0.2, 0) is 6.42 Å². The number of nitrogens with zero attached hydrogens (tertiary/aromatic N) is 1. The van der Waals surface area contributed by atoms with Crippen molar-refractivity contribution in [2.75, 3.05) is 18.5 Å². The molecule has 0 atom stereocenters. The van der Waals surface area contributed by atoms with E-state index in [0.717, 1.165) is 5.56 Å². The number of amides is 1. The number of nitrogens with one attached hydrogen (secondary N) is 1. The third-order valence-electron chi connectivity index (χ3n) is 2.96. The summed E-state index contributed by atoms with van der Waals surface area (Å²) in [6.45, 7) is 2.39. The highest BCUT2D eigenvalue weighted by Gasteiger charge is 2.11. The zero-order valence-corrected chi connectivity index (χ0v) is 12.9. The molecule has 1 heterocycles. The Balaban J connectivity index is 2.06. The molecule has 0 aliphatic carbocycles. The Bertz CT molecular complexity index is 644. The highest BCUT2D eigenvalue weighted by Crippen LogP contribution is 2.23. The van der Waals surface area contributed by atoms with Crippen molar-refractivity contribution in [2.45, 2.75) is 13.3 Å². The molecule has 6 heteroatoms. The standard InChI is InChI=1S/C16H17ClN2O3/c1-2-22-16-14(17)9-12(10-18-16)15(21)19-13-5-3-11(4-6-13)7-8-20/h3-6,9-10,20H,2,7-8H2,1H3,(H,19,21). The smallest absolute Gasteiger partial charge is 0.257 e. The third kappa shape index (κ3) is 4.19. The van der Waals surface area contributed by atoms with Gasteiger partial charge in [-0.25, -0.2) is 4.98 Å². The van der Waals surface area contributed by atoms with Crippen LogP contribution in [0.4, 0.5) is 5.69 Å². The Labute approximate surface area is 133 Å². The lowest BCUT2D eigenvalue weighted by atomic mass is 10.1. The largest absolute Gasteiger partial charge is 0.477 e. The second-order valence-corrected chi connectivity index (χ2v) is 4.98. The van der Waals surface area contributed by atoms with Crippen molar-refractivity contribution in [1.82, 2.24) is 4.98 Å². The minimum absolute atomic E-state index is 0.0993. The molecule has 5 nitrogen and oxygen atoms in total. The summed E-state index contributed by atoms with van der Waals surface area (Å²) < 4.78 is 5.23. The van der Waals surface area contributed by atoms with E-state index in [9.17, 15) is 4.79 Å². The van der Waals surface area contributed by atoms with Crippen LogP contribution in [0.3, 0.4) is 0 Å². The molecule has 1 aromatic carbocycles. The maximum Gasteiger partial charge on any atom is 0.257 e. The predicted octanol–water partition coefficient (Wildman–Crippen LogP) is 2.92. The number of pyridine rings is 1. The van der Waals surface area contributed by atoms with Crippen molar-refractivity contribution in [1.29, 1.82) is 0 Å².